The lowest BCUT2D eigenvalue weighted by Gasteiger charge is -2.34. The highest BCUT2D eigenvalue weighted by Gasteiger charge is 2.81. The number of halogens is 9. The highest BCUT2D eigenvalue weighted by Crippen LogP contribution is 2.54. The van der Waals surface area contributed by atoms with Crippen LogP contribution in [0.1, 0.15) is 6.42 Å². The summed E-state index contributed by atoms with van der Waals surface area (Å²) >= 11 is 0. The Balaban J connectivity index is 5.07. The molecule has 0 amide bonds. The van der Waals surface area contributed by atoms with Crippen molar-refractivity contribution >= 4 is 5.97 Å². The summed E-state index contributed by atoms with van der Waals surface area (Å²) in [5.41, 5.74) is -0.608. The van der Waals surface area contributed by atoms with E-state index in [1.54, 1.807) is 0 Å². The van der Waals surface area contributed by atoms with Crippen LogP contribution >= 0.6 is 0 Å². The largest absolute Gasteiger partial charge is 0.460 e. The second kappa shape index (κ2) is 7.17. The second-order valence-electron chi connectivity index (χ2n) is 4.57. The van der Waals surface area contributed by atoms with Gasteiger partial charge in [-0.2, -0.15) is 39.5 Å². The highest BCUT2D eigenvalue weighted by atomic mass is 19.4. The van der Waals surface area contributed by atoms with Gasteiger partial charge in [-0.15, -0.1) is 0 Å². The zero-order chi connectivity index (χ0) is 19.6. The van der Waals surface area contributed by atoms with Crippen LogP contribution in [0.2, 0.25) is 0 Å². The van der Waals surface area contributed by atoms with Crippen LogP contribution in [0.4, 0.5) is 39.5 Å². The quantitative estimate of drug-likeness (QED) is 0.387. The van der Waals surface area contributed by atoms with Crippen LogP contribution in [0.15, 0.2) is 12.2 Å². The molecule has 0 aliphatic carbocycles. The first-order chi connectivity index (χ1) is 10.5. The predicted molar refractivity (Wildman–Crippen MR) is 58.7 cm³/mol. The molecule has 142 valence electrons. The van der Waals surface area contributed by atoms with E-state index in [4.69, 9.17) is 10.2 Å². The maximum absolute atomic E-state index is 13.1. The maximum Gasteiger partial charge on any atom is 0.460 e. The lowest BCUT2D eigenvalue weighted by atomic mass is 9.98. The topological polar surface area (TPSA) is 66.8 Å². The Kier molecular flexibility index (Phi) is 6.72. The number of alkyl halides is 9. The van der Waals surface area contributed by atoms with Crippen LogP contribution in [0, 0.1) is 0 Å². The van der Waals surface area contributed by atoms with Crippen molar-refractivity contribution < 1.29 is 59.3 Å². The first-order valence-corrected chi connectivity index (χ1v) is 5.85. The zero-order valence-corrected chi connectivity index (χ0v) is 11.5. The summed E-state index contributed by atoms with van der Waals surface area (Å²) in [4.78, 5) is 10.9. The van der Waals surface area contributed by atoms with Crippen LogP contribution in [-0.2, 0) is 9.53 Å². The van der Waals surface area contributed by atoms with Gasteiger partial charge in [-0.3, -0.25) is 0 Å². The fraction of sp³-hybridized carbons (Fsp3) is 0.727. The molecule has 0 fully saturated rings. The van der Waals surface area contributed by atoms with Gasteiger partial charge in [-0.25, -0.2) is 4.79 Å². The molecule has 1 unspecified atom stereocenters. The van der Waals surface area contributed by atoms with Crippen molar-refractivity contribution in [3.63, 3.8) is 0 Å². The minimum Gasteiger partial charge on any atom is -0.460 e. The third-order valence-corrected chi connectivity index (χ3v) is 2.59. The molecule has 0 aliphatic rings. The Morgan fingerprint density at radius 1 is 1.00 bits per heavy atom. The number of ether oxygens (including phenoxy) is 1. The third kappa shape index (κ3) is 4.53. The van der Waals surface area contributed by atoms with Crippen molar-refractivity contribution in [2.45, 2.75) is 36.5 Å². The van der Waals surface area contributed by atoms with Gasteiger partial charge in [-0.1, -0.05) is 6.58 Å². The van der Waals surface area contributed by atoms with Crippen LogP contribution in [-0.4, -0.2) is 59.4 Å². The predicted octanol–water partition coefficient (Wildman–Crippen LogP) is 2.30. The van der Waals surface area contributed by atoms with Crippen molar-refractivity contribution in [3.05, 3.63) is 12.2 Å². The molecule has 2 N–H and O–H groups in total. The Hall–Kier alpha value is -1.50. The Morgan fingerprint density at radius 2 is 1.46 bits per heavy atom. The monoisotopic (exact) mass is 378 g/mol. The molecule has 0 rings (SSSR count). The molecular formula is C11H11F9O4. The smallest absolute Gasteiger partial charge is 0.460 e. The molecule has 0 aromatic rings. The van der Waals surface area contributed by atoms with Crippen LogP contribution in [0.3, 0.4) is 0 Å². The normalized spacial score (nSPS) is 15.1. The number of carbonyl (C=O) groups excluding carboxylic acids is 1. The number of rotatable bonds is 8. The number of aliphatic hydroxyl groups excluding tert-OH is 2. The van der Waals surface area contributed by atoms with Crippen molar-refractivity contribution in [1.29, 1.82) is 0 Å². The average molecular weight is 378 g/mol. The molecule has 0 aromatic heterocycles. The molecule has 13 heteroatoms. The van der Waals surface area contributed by atoms with Crippen molar-refractivity contribution in [3.8, 4) is 0 Å². The molecule has 0 spiro atoms. The Bertz CT molecular complexity index is 473. The number of carbonyl (C=O) groups is 1. The Labute approximate surface area is 128 Å². The van der Waals surface area contributed by atoms with E-state index in [0.717, 1.165) is 0 Å². The fourth-order valence-corrected chi connectivity index (χ4v) is 1.23. The summed E-state index contributed by atoms with van der Waals surface area (Å²) < 4.78 is 117. The first kappa shape index (κ1) is 22.5. The molecule has 24 heavy (non-hydrogen) atoms. The molecule has 1 atom stereocenters. The molecule has 0 bridgehead atoms. The highest BCUT2D eigenvalue weighted by molar-refractivity contribution is 5.87. The van der Waals surface area contributed by atoms with Crippen molar-refractivity contribution in [2.24, 2.45) is 0 Å². The SMILES string of the molecule is C=C(CO)C(=O)OCC(O)CC(F)(F)C(F)(F)C(F)(F)C(F)(F)F. The summed E-state index contributed by atoms with van der Waals surface area (Å²) in [6, 6.07) is 0. The van der Waals surface area contributed by atoms with Gasteiger partial charge in [0.1, 0.15) is 6.61 Å². The summed E-state index contributed by atoms with van der Waals surface area (Å²) in [7, 11) is 0. The van der Waals surface area contributed by atoms with Gasteiger partial charge in [0.2, 0.25) is 0 Å². The van der Waals surface area contributed by atoms with Crippen LogP contribution in [0.25, 0.3) is 0 Å². The van der Waals surface area contributed by atoms with Gasteiger partial charge in [0.25, 0.3) is 0 Å². The molecule has 4 nitrogen and oxygen atoms in total. The fourth-order valence-electron chi connectivity index (χ4n) is 1.23. The zero-order valence-electron chi connectivity index (χ0n) is 11.5. The van der Waals surface area contributed by atoms with Gasteiger partial charge in [0.15, 0.2) is 0 Å². The molecule has 0 radical (unpaired) electrons. The van der Waals surface area contributed by atoms with Crippen LogP contribution in [0.5, 0.6) is 0 Å². The lowest BCUT2D eigenvalue weighted by Crippen LogP contribution is -2.61. The maximum atomic E-state index is 13.1. The Morgan fingerprint density at radius 3 is 1.83 bits per heavy atom. The van der Waals surface area contributed by atoms with Gasteiger partial charge < -0.3 is 14.9 Å². The van der Waals surface area contributed by atoms with Crippen LogP contribution < -0.4 is 0 Å². The number of esters is 1. The molecule has 0 heterocycles. The second-order valence-corrected chi connectivity index (χ2v) is 4.57. The summed E-state index contributed by atoms with van der Waals surface area (Å²) in [5.74, 6) is -21.3. The van der Waals surface area contributed by atoms with Gasteiger partial charge in [0, 0.05) is 6.42 Å². The standard InChI is InChI=1S/C11H11F9O4/c1-5(3-21)7(23)24-4-6(22)2-8(12,13)9(14,15)10(16,17)11(18,19)20/h6,21-22H,1-4H2. The average Bonchev–Trinajstić information content (AvgIpc) is 2.41. The summed E-state index contributed by atoms with van der Waals surface area (Å²) in [6.45, 7) is 0.567. The summed E-state index contributed by atoms with van der Waals surface area (Å²) in [5, 5.41) is 17.5. The minimum absolute atomic E-state index is 0.608. The van der Waals surface area contributed by atoms with E-state index >= 15 is 0 Å². The van der Waals surface area contributed by atoms with E-state index in [0.29, 0.717) is 0 Å². The number of hydrogen-bond donors (Lipinski definition) is 2. The lowest BCUT2D eigenvalue weighted by molar-refractivity contribution is -0.398. The van der Waals surface area contributed by atoms with Gasteiger partial charge in [0.05, 0.1) is 18.3 Å². The minimum atomic E-state index is -7.06. The summed E-state index contributed by atoms with van der Waals surface area (Å²) in [6.07, 6.45) is -12.2. The molecule has 0 saturated heterocycles. The van der Waals surface area contributed by atoms with Gasteiger partial charge in [-0.05, 0) is 0 Å². The number of aliphatic hydroxyl groups is 2. The molecular weight excluding hydrogens is 367 g/mol. The van der Waals surface area contributed by atoms with E-state index in [1.165, 1.54) is 0 Å². The van der Waals surface area contributed by atoms with E-state index in [1.807, 2.05) is 0 Å². The van der Waals surface area contributed by atoms with E-state index < -0.39 is 61.2 Å². The molecule has 0 saturated carbocycles. The number of hydrogen-bond acceptors (Lipinski definition) is 4. The van der Waals surface area contributed by atoms with Crippen molar-refractivity contribution in [2.75, 3.05) is 13.2 Å². The van der Waals surface area contributed by atoms with E-state index in [9.17, 15) is 44.3 Å². The molecule has 0 aromatic carbocycles. The third-order valence-electron chi connectivity index (χ3n) is 2.59. The molecule has 0 aliphatic heterocycles. The van der Waals surface area contributed by atoms with Gasteiger partial charge >= 0.3 is 29.9 Å². The van der Waals surface area contributed by atoms with E-state index in [-0.39, 0.29) is 0 Å². The first-order valence-electron chi connectivity index (χ1n) is 5.85. The van der Waals surface area contributed by atoms with Crippen molar-refractivity contribution in [1.82, 2.24) is 0 Å². The van der Waals surface area contributed by atoms with E-state index in [2.05, 4.69) is 11.3 Å².